The van der Waals surface area contributed by atoms with Gasteiger partial charge in [-0.15, -0.1) is 0 Å². The molecule has 0 aromatic heterocycles. The van der Waals surface area contributed by atoms with E-state index in [1.165, 1.54) is 38.0 Å². The molecule has 1 aliphatic carbocycles. The monoisotopic (exact) mass is 244 g/mol. The summed E-state index contributed by atoms with van der Waals surface area (Å²) >= 11 is 1.96. The van der Waals surface area contributed by atoms with Crippen molar-refractivity contribution in [2.24, 2.45) is 0 Å². The van der Waals surface area contributed by atoms with E-state index in [1.54, 1.807) is 0 Å². The van der Waals surface area contributed by atoms with Crippen LogP contribution in [0.2, 0.25) is 0 Å². The van der Waals surface area contributed by atoms with Crippen LogP contribution < -0.4 is 5.32 Å². The van der Waals surface area contributed by atoms with Gasteiger partial charge in [0.1, 0.15) is 0 Å². The SMILES string of the molecule is CCC(CSC)N(C)C(C)CCNC1CC1. The van der Waals surface area contributed by atoms with E-state index in [0.717, 1.165) is 12.1 Å². The quantitative estimate of drug-likeness (QED) is 0.671. The van der Waals surface area contributed by atoms with E-state index in [4.69, 9.17) is 0 Å². The molecule has 0 aliphatic heterocycles. The number of nitrogens with zero attached hydrogens (tertiary/aromatic N) is 1. The average Bonchev–Trinajstić information content (AvgIpc) is 3.08. The average molecular weight is 244 g/mol. The lowest BCUT2D eigenvalue weighted by Crippen LogP contribution is -2.41. The molecule has 1 rings (SSSR count). The van der Waals surface area contributed by atoms with Gasteiger partial charge in [-0.05, 0) is 52.5 Å². The van der Waals surface area contributed by atoms with Gasteiger partial charge in [0.2, 0.25) is 0 Å². The minimum atomic E-state index is 0.698. The van der Waals surface area contributed by atoms with Gasteiger partial charge in [0.25, 0.3) is 0 Å². The van der Waals surface area contributed by atoms with Gasteiger partial charge in [-0.1, -0.05) is 6.92 Å². The molecule has 96 valence electrons. The highest BCUT2D eigenvalue weighted by molar-refractivity contribution is 7.98. The van der Waals surface area contributed by atoms with Crippen LogP contribution >= 0.6 is 11.8 Å². The highest BCUT2D eigenvalue weighted by Gasteiger charge is 2.21. The molecule has 1 saturated carbocycles. The third-order valence-electron chi connectivity index (χ3n) is 3.67. The number of thioether (sulfide) groups is 1. The van der Waals surface area contributed by atoms with Crippen LogP contribution in [0.1, 0.15) is 39.5 Å². The van der Waals surface area contributed by atoms with Crippen molar-refractivity contribution in [2.75, 3.05) is 25.6 Å². The standard InChI is InChI=1S/C13H28N2S/c1-5-13(10-16-4)15(3)11(2)8-9-14-12-6-7-12/h11-14H,5-10H2,1-4H3. The second kappa shape index (κ2) is 7.57. The van der Waals surface area contributed by atoms with Crippen molar-refractivity contribution in [3.05, 3.63) is 0 Å². The molecule has 0 bridgehead atoms. The van der Waals surface area contributed by atoms with Gasteiger partial charge >= 0.3 is 0 Å². The van der Waals surface area contributed by atoms with Crippen molar-refractivity contribution in [1.82, 2.24) is 10.2 Å². The Morgan fingerprint density at radius 2 is 2.12 bits per heavy atom. The molecule has 1 N–H and O–H groups in total. The maximum atomic E-state index is 3.60. The first-order valence-electron chi connectivity index (χ1n) is 6.63. The zero-order chi connectivity index (χ0) is 12.0. The van der Waals surface area contributed by atoms with Gasteiger partial charge in [0, 0.05) is 23.9 Å². The van der Waals surface area contributed by atoms with Gasteiger partial charge in [-0.3, -0.25) is 4.90 Å². The fraction of sp³-hybridized carbons (Fsp3) is 1.00. The smallest absolute Gasteiger partial charge is 0.0183 e. The van der Waals surface area contributed by atoms with Crippen molar-refractivity contribution >= 4 is 11.8 Å². The van der Waals surface area contributed by atoms with E-state index in [9.17, 15) is 0 Å². The summed E-state index contributed by atoms with van der Waals surface area (Å²) in [5, 5.41) is 3.60. The Morgan fingerprint density at radius 1 is 1.44 bits per heavy atom. The molecule has 0 aromatic rings. The van der Waals surface area contributed by atoms with E-state index in [-0.39, 0.29) is 0 Å². The van der Waals surface area contributed by atoms with Gasteiger partial charge in [-0.25, -0.2) is 0 Å². The van der Waals surface area contributed by atoms with Crippen LogP contribution in [0.15, 0.2) is 0 Å². The highest BCUT2D eigenvalue weighted by Crippen LogP contribution is 2.19. The molecule has 0 aromatic carbocycles. The van der Waals surface area contributed by atoms with Crippen molar-refractivity contribution in [2.45, 2.75) is 57.7 Å². The predicted octanol–water partition coefficient (Wildman–Crippen LogP) is 2.59. The summed E-state index contributed by atoms with van der Waals surface area (Å²) in [4.78, 5) is 2.56. The van der Waals surface area contributed by atoms with Gasteiger partial charge in [0.15, 0.2) is 0 Å². The van der Waals surface area contributed by atoms with Crippen molar-refractivity contribution in [1.29, 1.82) is 0 Å². The Kier molecular flexibility index (Phi) is 6.78. The van der Waals surface area contributed by atoms with Crippen LogP contribution in [-0.4, -0.2) is 48.6 Å². The van der Waals surface area contributed by atoms with E-state index >= 15 is 0 Å². The molecule has 0 radical (unpaired) electrons. The van der Waals surface area contributed by atoms with Crippen molar-refractivity contribution in [3.63, 3.8) is 0 Å². The first kappa shape index (κ1) is 14.3. The topological polar surface area (TPSA) is 15.3 Å². The Balaban J connectivity index is 2.17. The van der Waals surface area contributed by atoms with E-state index in [1.807, 2.05) is 11.8 Å². The highest BCUT2D eigenvalue weighted by atomic mass is 32.2. The summed E-state index contributed by atoms with van der Waals surface area (Å²) < 4.78 is 0. The predicted molar refractivity (Wildman–Crippen MR) is 75.3 cm³/mol. The Hall–Kier alpha value is 0.270. The molecule has 1 aliphatic rings. The van der Waals surface area contributed by atoms with E-state index < -0.39 is 0 Å². The lowest BCUT2D eigenvalue weighted by molar-refractivity contribution is 0.185. The van der Waals surface area contributed by atoms with Crippen LogP contribution in [-0.2, 0) is 0 Å². The molecule has 3 heteroatoms. The van der Waals surface area contributed by atoms with E-state index in [2.05, 4.69) is 37.4 Å². The molecule has 0 heterocycles. The van der Waals surface area contributed by atoms with Crippen LogP contribution in [0, 0.1) is 0 Å². The lowest BCUT2D eigenvalue weighted by atomic mass is 10.1. The Labute approximate surface area is 106 Å². The maximum Gasteiger partial charge on any atom is 0.0183 e. The minimum absolute atomic E-state index is 0.698. The van der Waals surface area contributed by atoms with Crippen molar-refractivity contribution < 1.29 is 0 Å². The Bertz CT molecular complexity index is 183. The lowest BCUT2D eigenvalue weighted by Gasteiger charge is -2.32. The summed E-state index contributed by atoms with van der Waals surface area (Å²) in [6.07, 6.45) is 7.54. The molecule has 0 amide bonds. The second-order valence-corrected chi connectivity index (χ2v) is 5.96. The molecule has 2 unspecified atom stereocenters. The van der Waals surface area contributed by atoms with Crippen molar-refractivity contribution in [3.8, 4) is 0 Å². The molecule has 0 saturated heterocycles. The normalized spacial score (nSPS) is 20.1. The zero-order valence-electron chi connectivity index (χ0n) is 11.3. The molecule has 1 fully saturated rings. The fourth-order valence-corrected chi connectivity index (χ4v) is 2.92. The van der Waals surface area contributed by atoms with Gasteiger partial charge in [-0.2, -0.15) is 11.8 Å². The minimum Gasteiger partial charge on any atom is -0.314 e. The third kappa shape index (κ3) is 5.07. The molecule has 16 heavy (non-hydrogen) atoms. The first-order valence-corrected chi connectivity index (χ1v) is 8.02. The van der Waals surface area contributed by atoms with Crippen LogP contribution in [0.3, 0.4) is 0 Å². The largest absolute Gasteiger partial charge is 0.314 e. The fourth-order valence-electron chi connectivity index (χ4n) is 2.06. The summed E-state index contributed by atoms with van der Waals surface area (Å²) in [7, 11) is 2.28. The molecular formula is C13H28N2S. The molecule has 2 nitrogen and oxygen atoms in total. The third-order valence-corrected chi connectivity index (χ3v) is 4.39. The summed E-state index contributed by atoms with van der Waals surface area (Å²) in [5.41, 5.74) is 0. The number of nitrogens with one attached hydrogen (secondary N) is 1. The molecular weight excluding hydrogens is 216 g/mol. The second-order valence-electron chi connectivity index (χ2n) is 5.05. The molecule has 2 atom stereocenters. The zero-order valence-corrected chi connectivity index (χ0v) is 12.1. The van der Waals surface area contributed by atoms with E-state index in [0.29, 0.717) is 6.04 Å². The summed E-state index contributed by atoms with van der Waals surface area (Å²) in [6, 6.07) is 2.29. The van der Waals surface area contributed by atoms with Crippen LogP contribution in [0.25, 0.3) is 0 Å². The number of rotatable bonds is 9. The van der Waals surface area contributed by atoms with Gasteiger partial charge in [0.05, 0.1) is 0 Å². The number of hydrogen-bond acceptors (Lipinski definition) is 3. The molecule has 0 spiro atoms. The Morgan fingerprint density at radius 3 is 2.62 bits per heavy atom. The van der Waals surface area contributed by atoms with Gasteiger partial charge < -0.3 is 5.32 Å². The first-order chi connectivity index (χ1) is 7.69. The van der Waals surface area contributed by atoms with Crippen LogP contribution in [0.5, 0.6) is 0 Å². The maximum absolute atomic E-state index is 3.60. The van der Waals surface area contributed by atoms with Crippen LogP contribution in [0.4, 0.5) is 0 Å². The number of hydrogen-bond donors (Lipinski definition) is 1. The summed E-state index contributed by atoms with van der Waals surface area (Å²) in [5.74, 6) is 1.26. The summed E-state index contributed by atoms with van der Waals surface area (Å²) in [6.45, 7) is 5.84.